The molecule has 1 unspecified atom stereocenters. The molecule has 0 spiro atoms. The second-order valence-electron chi connectivity index (χ2n) is 9.75. The molecule has 2 rings (SSSR count). The Balaban J connectivity index is 2.46. The van der Waals surface area contributed by atoms with Crippen LogP contribution in [0.3, 0.4) is 0 Å². The highest BCUT2D eigenvalue weighted by molar-refractivity contribution is 5.93. The Labute approximate surface area is 179 Å². The predicted molar refractivity (Wildman–Crippen MR) is 114 cm³/mol. The van der Waals surface area contributed by atoms with Crippen LogP contribution in [0.1, 0.15) is 72.8 Å². The third-order valence-corrected chi connectivity index (χ3v) is 4.71. The van der Waals surface area contributed by atoms with Crippen molar-refractivity contribution in [3.05, 3.63) is 35.9 Å². The number of ketones is 1. The normalized spacial score (nSPS) is 19.7. The van der Waals surface area contributed by atoms with Crippen molar-refractivity contribution in [3.63, 3.8) is 0 Å². The number of hydrogen-bond acceptors (Lipinski definition) is 5. The van der Waals surface area contributed by atoms with Crippen LogP contribution in [-0.2, 0) is 20.7 Å². The minimum absolute atomic E-state index is 0.0977. The molecule has 7 heteroatoms. The Morgan fingerprint density at radius 3 is 2.13 bits per heavy atom. The molecule has 1 fully saturated rings. The number of benzene rings is 1. The number of hydrogen-bond donors (Lipinski definition) is 1. The number of nitrogens with zero attached hydrogens (tertiary/aromatic N) is 1. The predicted octanol–water partition coefficient (Wildman–Crippen LogP) is 4.79. The highest BCUT2D eigenvalue weighted by Gasteiger charge is 2.50. The fraction of sp³-hybridized carbons (Fsp3) is 0.609. The molecule has 1 N–H and O–H groups in total. The van der Waals surface area contributed by atoms with E-state index in [-0.39, 0.29) is 12.2 Å². The van der Waals surface area contributed by atoms with Gasteiger partial charge in [0.05, 0.1) is 0 Å². The molecular formula is C23H34N2O5. The van der Waals surface area contributed by atoms with Crippen LogP contribution in [0.4, 0.5) is 9.59 Å². The van der Waals surface area contributed by atoms with Gasteiger partial charge in [0.1, 0.15) is 16.7 Å². The number of Topliss-reactive ketones (excluding diaryl/α,β-unsaturated/α-hetero) is 1. The van der Waals surface area contributed by atoms with Gasteiger partial charge in [-0.2, -0.15) is 0 Å². The quantitative estimate of drug-likeness (QED) is 0.714. The zero-order chi connectivity index (χ0) is 22.6. The SMILES string of the molecule is CC(C)(C)OC(=O)NN(C(=O)OC(C)(C)C)C1(Cc2ccccc2)CCCCC1=O. The molecule has 0 heterocycles. The summed E-state index contributed by atoms with van der Waals surface area (Å²) in [4.78, 5) is 39.0. The molecule has 7 nitrogen and oxygen atoms in total. The molecule has 0 aromatic heterocycles. The summed E-state index contributed by atoms with van der Waals surface area (Å²) in [7, 11) is 0. The van der Waals surface area contributed by atoms with Gasteiger partial charge in [0.15, 0.2) is 5.78 Å². The van der Waals surface area contributed by atoms with Crippen LogP contribution < -0.4 is 5.43 Å². The molecule has 0 radical (unpaired) electrons. The first-order chi connectivity index (χ1) is 13.8. The molecule has 1 saturated carbocycles. The molecule has 30 heavy (non-hydrogen) atoms. The minimum Gasteiger partial charge on any atom is -0.443 e. The summed E-state index contributed by atoms with van der Waals surface area (Å²) in [5.41, 5.74) is 0.640. The van der Waals surface area contributed by atoms with Crippen LogP contribution in [0.25, 0.3) is 0 Å². The number of carbonyl (C=O) groups is 3. The summed E-state index contributed by atoms with van der Waals surface area (Å²) in [5.74, 6) is -0.0977. The number of amides is 2. The molecule has 1 aliphatic rings. The van der Waals surface area contributed by atoms with Crippen molar-refractivity contribution >= 4 is 18.0 Å². The van der Waals surface area contributed by atoms with E-state index >= 15 is 0 Å². The summed E-state index contributed by atoms with van der Waals surface area (Å²) < 4.78 is 10.9. The fourth-order valence-electron chi connectivity index (χ4n) is 3.54. The number of ether oxygens (including phenoxy) is 2. The second-order valence-corrected chi connectivity index (χ2v) is 9.75. The van der Waals surface area contributed by atoms with Gasteiger partial charge in [-0.25, -0.2) is 20.0 Å². The van der Waals surface area contributed by atoms with Crippen molar-refractivity contribution in [1.29, 1.82) is 0 Å². The van der Waals surface area contributed by atoms with Gasteiger partial charge in [-0.15, -0.1) is 0 Å². The molecule has 2 amide bonds. The molecule has 1 aromatic carbocycles. The average Bonchev–Trinajstić information content (AvgIpc) is 2.59. The van der Waals surface area contributed by atoms with E-state index in [0.717, 1.165) is 23.4 Å². The Bertz CT molecular complexity index is 764. The van der Waals surface area contributed by atoms with Crippen molar-refractivity contribution in [2.75, 3.05) is 0 Å². The van der Waals surface area contributed by atoms with Crippen LogP contribution in [-0.4, -0.2) is 39.7 Å². The van der Waals surface area contributed by atoms with Crippen LogP contribution >= 0.6 is 0 Å². The Hall–Kier alpha value is -2.57. The number of rotatable bonds is 3. The standard InChI is InChI=1S/C23H34N2O5/c1-21(2,3)29-19(27)24-25(20(28)30-22(4,5)6)23(15-11-10-14-18(23)26)16-17-12-8-7-9-13-17/h7-9,12-13H,10-11,14-16H2,1-6H3,(H,24,27). The van der Waals surface area contributed by atoms with E-state index in [9.17, 15) is 14.4 Å². The maximum atomic E-state index is 13.3. The van der Waals surface area contributed by atoms with Crippen molar-refractivity contribution in [1.82, 2.24) is 10.4 Å². The molecule has 166 valence electrons. The van der Waals surface area contributed by atoms with Crippen LogP contribution in [0.5, 0.6) is 0 Å². The van der Waals surface area contributed by atoms with Crippen molar-refractivity contribution in [3.8, 4) is 0 Å². The van der Waals surface area contributed by atoms with Crippen LogP contribution in [0, 0.1) is 0 Å². The van der Waals surface area contributed by atoms with Crippen molar-refractivity contribution in [2.24, 2.45) is 0 Å². The lowest BCUT2D eigenvalue weighted by molar-refractivity contribution is -0.136. The maximum Gasteiger partial charge on any atom is 0.430 e. The third kappa shape index (κ3) is 6.47. The number of nitrogens with one attached hydrogen (secondary N) is 1. The summed E-state index contributed by atoms with van der Waals surface area (Å²) in [6, 6.07) is 9.48. The number of carbonyl (C=O) groups excluding carboxylic acids is 3. The third-order valence-electron chi connectivity index (χ3n) is 4.71. The molecule has 1 atom stereocenters. The van der Waals surface area contributed by atoms with E-state index in [1.54, 1.807) is 41.5 Å². The van der Waals surface area contributed by atoms with Gasteiger partial charge in [-0.1, -0.05) is 36.8 Å². The highest BCUT2D eigenvalue weighted by Crippen LogP contribution is 2.34. The molecule has 0 saturated heterocycles. The van der Waals surface area contributed by atoms with E-state index in [1.807, 2.05) is 30.3 Å². The highest BCUT2D eigenvalue weighted by atomic mass is 16.6. The molecule has 0 bridgehead atoms. The van der Waals surface area contributed by atoms with Gasteiger partial charge in [0.2, 0.25) is 0 Å². The van der Waals surface area contributed by atoms with Gasteiger partial charge in [-0.3, -0.25) is 4.79 Å². The largest absolute Gasteiger partial charge is 0.443 e. The summed E-state index contributed by atoms with van der Waals surface area (Å²) in [6.07, 6.45) is 0.968. The lowest BCUT2D eigenvalue weighted by Crippen LogP contribution is -2.66. The van der Waals surface area contributed by atoms with E-state index in [4.69, 9.17) is 9.47 Å². The van der Waals surface area contributed by atoms with E-state index in [1.165, 1.54) is 0 Å². The molecule has 0 aliphatic heterocycles. The minimum atomic E-state index is -1.24. The maximum absolute atomic E-state index is 13.3. The summed E-state index contributed by atoms with van der Waals surface area (Å²) in [6.45, 7) is 10.4. The zero-order valence-electron chi connectivity index (χ0n) is 18.9. The number of hydrazine groups is 1. The van der Waals surface area contributed by atoms with Gasteiger partial charge >= 0.3 is 12.2 Å². The molecule has 1 aliphatic carbocycles. The van der Waals surface area contributed by atoms with Crippen molar-refractivity contribution < 1.29 is 23.9 Å². The Morgan fingerprint density at radius 2 is 1.60 bits per heavy atom. The average molecular weight is 419 g/mol. The van der Waals surface area contributed by atoms with Crippen molar-refractivity contribution in [2.45, 2.75) is 90.4 Å². The van der Waals surface area contributed by atoms with Crippen LogP contribution in [0.15, 0.2) is 30.3 Å². The lowest BCUT2D eigenvalue weighted by Gasteiger charge is -2.44. The first-order valence-electron chi connectivity index (χ1n) is 10.4. The van der Waals surface area contributed by atoms with Gasteiger partial charge < -0.3 is 9.47 Å². The van der Waals surface area contributed by atoms with Crippen LogP contribution in [0.2, 0.25) is 0 Å². The Kier molecular flexibility index (Phi) is 7.16. The molecular weight excluding hydrogens is 384 g/mol. The zero-order valence-corrected chi connectivity index (χ0v) is 18.9. The van der Waals surface area contributed by atoms with E-state index < -0.39 is 28.9 Å². The van der Waals surface area contributed by atoms with Gasteiger partial charge in [-0.05, 0) is 59.9 Å². The van der Waals surface area contributed by atoms with E-state index in [0.29, 0.717) is 12.8 Å². The first-order valence-corrected chi connectivity index (χ1v) is 10.4. The smallest absolute Gasteiger partial charge is 0.430 e. The summed E-state index contributed by atoms with van der Waals surface area (Å²) in [5, 5.41) is 1.07. The van der Waals surface area contributed by atoms with Gasteiger partial charge in [0, 0.05) is 12.8 Å². The monoisotopic (exact) mass is 418 g/mol. The summed E-state index contributed by atoms with van der Waals surface area (Å²) >= 11 is 0. The lowest BCUT2D eigenvalue weighted by atomic mass is 9.76. The molecule has 1 aromatic rings. The Morgan fingerprint density at radius 1 is 1.00 bits per heavy atom. The first kappa shape index (κ1) is 23.7. The van der Waals surface area contributed by atoms with E-state index in [2.05, 4.69) is 5.43 Å². The second kappa shape index (κ2) is 9.06. The van der Waals surface area contributed by atoms with Gasteiger partial charge in [0.25, 0.3) is 0 Å². The topological polar surface area (TPSA) is 84.9 Å². The fourth-order valence-corrected chi connectivity index (χ4v) is 3.54.